The van der Waals surface area contributed by atoms with Gasteiger partial charge in [0, 0.05) is 49.4 Å². The fraction of sp³-hybridized carbons (Fsp3) is 0.347. The third-order valence-electron chi connectivity index (χ3n) is 11.5. The Kier molecular flexibility index (Phi) is 16.5. The zero-order valence-electron chi connectivity index (χ0n) is 38.1. The highest BCUT2D eigenvalue weighted by atomic mass is 16.5. The lowest BCUT2D eigenvalue weighted by Gasteiger charge is -2.32. The molecule has 0 fully saturated rings. The highest BCUT2D eigenvalue weighted by Gasteiger charge is 2.36. The van der Waals surface area contributed by atoms with Gasteiger partial charge in [0.2, 0.25) is 23.6 Å². The Balaban J connectivity index is 1.39. The van der Waals surface area contributed by atoms with Crippen LogP contribution in [0.2, 0.25) is 0 Å². The van der Waals surface area contributed by atoms with Crippen LogP contribution in [0.15, 0.2) is 79.0 Å². The van der Waals surface area contributed by atoms with E-state index in [4.69, 9.17) is 31.7 Å². The molecule has 4 aromatic carbocycles. The molecule has 6 rings (SSSR count). The minimum absolute atomic E-state index is 0.000444. The van der Waals surface area contributed by atoms with Crippen LogP contribution in [0.25, 0.3) is 33.3 Å². The molecule has 0 saturated heterocycles. The Bertz CT molecular complexity index is 2690. The van der Waals surface area contributed by atoms with E-state index >= 15 is 0 Å². The van der Waals surface area contributed by atoms with Crippen molar-refractivity contribution in [3.63, 3.8) is 0 Å². The minimum Gasteiger partial charge on any atom is -0.492 e. The van der Waals surface area contributed by atoms with E-state index in [9.17, 15) is 29.2 Å². The van der Waals surface area contributed by atoms with Crippen LogP contribution >= 0.6 is 0 Å². The van der Waals surface area contributed by atoms with Crippen molar-refractivity contribution < 1.29 is 33.4 Å². The number of rotatable bonds is 16. The van der Waals surface area contributed by atoms with Crippen molar-refractivity contribution in [3.8, 4) is 40.1 Å². The number of ether oxygens (including phenoxy) is 2. The van der Waals surface area contributed by atoms with Gasteiger partial charge in [0.15, 0.2) is 5.82 Å². The molecule has 4 atom stereocenters. The molecule has 67 heavy (non-hydrogen) atoms. The normalized spacial score (nSPS) is 16.4. The van der Waals surface area contributed by atoms with Crippen molar-refractivity contribution in [2.24, 2.45) is 17.2 Å². The fourth-order valence-electron chi connectivity index (χ4n) is 8.05. The number of aryl methyl sites for hydroxylation is 2. The van der Waals surface area contributed by atoms with Gasteiger partial charge in [-0.3, -0.25) is 24.0 Å². The van der Waals surface area contributed by atoms with Crippen molar-refractivity contribution in [2.45, 2.75) is 64.2 Å². The summed E-state index contributed by atoms with van der Waals surface area (Å²) in [6.07, 6.45) is 2.27. The second-order valence-electron chi connectivity index (χ2n) is 16.1. The van der Waals surface area contributed by atoms with Gasteiger partial charge >= 0.3 is 0 Å². The van der Waals surface area contributed by atoms with Crippen LogP contribution in [0.1, 0.15) is 59.1 Å². The average molecular weight is 912 g/mol. The van der Waals surface area contributed by atoms with Crippen LogP contribution in [0.4, 0.5) is 0 Å². The molecule has 0 spiro atoms. The van der Waals surface area contributed by atoms with Crippen molar-refractivity contribution >= 4 is 40.3 Å². The highest BCUT2D eigenvalue weighted by molar-refractivity contribution is 6.01. The number of benzene rings is 4. The van der Waals surface area contributed by atoms with Gasteiger partial charge in [-0.2, -0.15) is 5.26 Å². The number of likely N-dealkylation sites (N-methyl/N-ethyl adjacent to an activating group) is 1. The van der Waals surface area contributed by atoms with Crippen molar-refractivity contribution in [1.29, 1.82) is 5.26 Å². The first-order valence-corrected chi connectivity index (χ1v) is 22.1. The van der Waals surface area contributed by atoms with Crippen molar-refractivity contribution in [3.05, 3.63) is 107 Å². The van der Waals surface area contributed by atoms with Gasteiger partial charge in [-0.25, -0.2) is 9.97 Å². The molecule has 0 radical (unpaired) electrons. The number of hydrogen-bond donors (Lipinski definition) is 7. The first-order chi connectivity index (χ1) is 32.3. The number of amides is 5. The molecule has 4 bridgehead atoms. The number of aromatic nitrogens is 2. The molecule has 18 heteroatoms. The van der Waals surface area contributed by atoms with E-state index in [1.54, 1.807) is 43.3 Å². The lowest BCUT2D eigenvalue weighted by molar-refractivity contribution is -0.141. The predicted molar refractivity (Wildman–Crippen MR) is 252 cm³/mol. The minimum atomic E-state index is -1.41. The van der Waals surface area contributed by atoms with Gasteiger partial charge in [-0.05, 0) is 85.0 Å². The number of hydrogen-bond acceptors (Lipinski definition) is 13. The Hall–Kier alpha value is -7.46. The molecule has 0 aliphatic carbocycles. The van der Waals surface area contributed by atoms with E-state index in [2.05, 4.69) is 39.2 Å². The summed E-state index contributed by atoms with van der Waals surface area (Å²) in [5, 5.41) is 22.0. The zero-order chi connectivity index (χ0) is 48.2. The Morgan fingerprint density at radius 3 is 2.24 bits per heavy atom. The van der Waals surface area contributed by atoms with Crippen LogP contribution in [0.3, 0.4) is 0 Å². The smallest absolute Gasteiger partial charge is 0.255 e. The predicted octanol–water partition coefficient (Wildman–Crippen LogP) is 2.34. The quantitative estimate of drug-likeness (QED) is 0.0701. The molecule has 0 saturated carbocycles. The second kappa shape index (κ2) is 22.6. The summed E-state index contributed by atoms with van der Waals surface area (Å²) in [6, 6.07) is 19.0. The first-order valence-electron chi connectivity index (χ1n) is 22.1. The number of fused-ring (bicyclic) bond motifs is 6. The summed E-state index contributed by atoms with van der Waals surface area (Å²) >= 11 is 0. The first kappa shape index (κ1) is 49.0. The van der Waals surface area contributed by atoms with E-state index in [-0.39, 0.29) is 57.8 Å². The van der Waals surface area contributed by atoms with E-state index in [0.29, 0.717) is 45.3 Å². The number of nitrogens with zero attached hydrogens (tertiary/aromatic N) is 4. The monoisotopic (exact) mass is 911 g/mol. The van der Waals surface area contributed by atoms with Crippen molar-refractivity contribution in [2.75, 3.05) is 46.4 Å². The molecule has 350 valence electrons. The van der Waals surface area contributed by atoms with Crippen LogP contribution in [-0.4, -0.2) is 109 Å². The third-order valence-corrected chi connectivity index (χ3v) is 11.5. The fourth-order valence-corrected chi connectivity index (χ4v) is 8.05. The summed E-state index contributed by atoms with van der Waals surface area (Å²) in [5.41, 5.74) is 22.1. The van der Waals surface area contributed by atoms with E-state index < -0.39 is 53.7 Å². The second-order valence-corrected chi connectivity index (χ2v) is 16.1. The van der Waals surface area contributed by atoms with Gasteiger partial charge in [0.25, 0.3) is 5.91 Å². The Morgan fingerprint density at radius 1 is 0.896 bits per heavy atom. The number of nitrogens with two attached hydrogens (primary N) is 3. The molecule has 5 aromatic rings. The van der Waals surface area contributed by atoms with Crippen LogP contribution in [0, 0.1) is 18.3 Å². The molecule has 1 aliphatic rings. The average Bonchev–Trinajstić information content (AvgIpc) is 3.33. The van der Waals surface area contributed by atoms with Gasteiger partial charge in [0.05, 0.1) is 17.3 Å². The van der Waals surface area contributed by atoms with Gasteiger partial charge in [0.1, 0.15) is 55.4 Å². The SMILES string of the molecule is CCc1ccc(-c2ncc(C(=O)NC(CCN)C(=O)N(C)C3C(=O)NC(C)C(=O)NC(C(=O)NCC#N)Cc4ccc(OCCN)c(c4)-c4cc3ccc4OCCN)c(C)n2)c2ccccc12. The summed E-state index contributed by atoms with van der Waals surface area (Å²) in [4.78, 5) is 80.9. The summed E-state index contributed by atoms with van der Waals surface area (Å²) < 4.78 is 12.2. The standard InChI is InChI=1S/C49H57N11O7/c1-5-31-11-13-35(34-9-7-6-8-33(31)34)44-55-27-38(28(2)56-44)46(62)58-39(16-17-50)49(65)60(4)43-32-12-15-42(67-23-20-53)37(26-32)36-24-30(10-14-41(36)66-22-19-52)25-40(47(63)54-21-18-51)59-45(61)29(3)57-48(43)64/h6-15,24,26-27,29,39-40,43H,5,16-17,19-23,25,50,52-53H2,1-4H3,(H,54,63)(H,57,64)(H,58,62)(H,59,61). The zero-order valence-corrected chi connectivity index (χ0v) is 38.1. The summed E-state index contributed by atoms with van der Waals surface area (Å²) in [6.45, 7) is 5.58. The number of nitriles is 1. The van der Waals surface area contributed by atoms with Crippen molar-refractivity contribution in [1.82, 2.24) is 36.1 Å². The number of carbonyl (C=O) groups excluding carboxylic acids is 5. The Morgan fingerprint density at radius 2 is 1.58 bits per heavy atom. The van der Waals surface area contributed by atoms with Gasteiger partial charge in [-0.1, -0.05) is 55.5 Å². The number of nitrogens with one attached hydrogen (secondary N) is 4. The van der Waals surface area contributed by atoms with Crippen LogP contribution in [0.5, 0.6) is 11.5 Å². The largest absolute Gasteiger partial charge is 0.492 e. The van der Waals surface area contributed by atoms with E-state index in [1.807, 2.05) is 36.4 Å². The van der Waals surface area contributed by atoms with Crippen LogP contribution in [-0.2, 0) is 32.0 Å². The maximum atomic E-state index is 14.7. The highest BCUT2D eigenvalue weighted by Crippen LogP contribution is 2.40. The lowest BCUT2D eigenvalue weighted by atomic mass is 9.93. The van der Waals surface area contributed by atoms with Crippen LogP contribution < -0.4 is 47.9 Å². The molecule has 18 nitrogen and oxygen atoms in total. The number of carbonyl (C=O) groups is 5. The summed E-state index contributed by atoms with van der Waals surface area (Å²) in [7, 11) is 1.41. The maximum Gasteiger partial charge on any atom is 0.255 e. The van der Waals surface area contributed by atoms with Gasteiger partial charge < -0.3 is 52.8 Å². The van der Waals surface area contributed by atoms with E-state index in [0.717, 1.165) is 22.8 Å². The van der Waals surface area contributed by atoms with Gasteiger partial charge in [-0.15, -0.1) is 0 Å². The van der Waals surface area contributed by atoms with E-state index in [1.165, 1.54) is 30.6 Å². The lowest BCUT2D eigenvalue weighted by Crippen LogP contribution is -2.56. The molecular formula is C49H57N11O7. The maximum absolute atomic E-state index is 14.7. The molecule has 4 unspecified atom stereocenters. The molecule has 1 aromatic heterocycles. The topological polar surface area (TPSA) is 283 Å². The third kappa shape index (κ3) is 11.3. The molecular weight excluding hydrogens is 855 g/mol. The molecule has 10 N–H and O–H groups in total. The molecule has 5 amide bonds. The molecule has 2 heterocycles. The Labute approximate surface area is 389 Å². The molecule has 1 aliphatic heterocycles. The summed E-state index contributed by atoms with van der Waals surface area (Å²) in [5.74, 6) is -2.17.